The second-order valence-electron chi connectivity index (χ2n) is 17.9. The van der Waals surface area contributed by atoms with Gasteiger partial charge in [0.2, 0.25) is 5.91 Å². The molecule has 0 aromatic rings. The number of rotatable bonds is 42. The molecule has 1 amide bonds. The molecule has 0 saturated carbocycles. The van der Waals surface area contributed by atoms with E-state index < -0.39 is 74.2 Å². The van der Waals surface area contributed by atoms with Gasteiger partial charge in [-0.25, -0.2) is 0 Å². The summed E-state index contributed by atoms with van der Waals surface area (Å²) in [4.78, 5) is 13.0. The fourth-order valence-electron chi connectivity index (χ4n) is 7.85. The number of carbonyl (C=O) groups is 1. The van der Waals surface area contributed by atoms with Crippen LogP contribution in [0.15, 0.2) is 48.6 Å². The second kappa shape index (κ2) is 41.5. The van der Waals surface area contributed by atoms with E-state index in [-0.39, 0.29) is 12.8 Å². The largest absolute Gasteiger partial charge is 0.394 e. The van der Waals surface area contributed by atoms with Crippen molar-refractivity contribution in [1.82, 2.24) is 5.32 Å². The maximum Gasteiger partial charge on any atom is 0.249 e. The summed E-state index contributed by atoms with van der Waals surface area (Å²) in [5.74, 6) is -0.779. The van der Waals surface area contributed by atoms with Gasteiger partial charge in [0.05, 0.1) is 25.4 Å². The highest BCUT2D eigenvalue weighted by atomic mass is 16.7. The van der Waals surface area contributed by atoms with Crippen molar-refractivity contribution in [3.63, 3.8) is 0 Å². The monoisotopic (exact) mass is 894 g/mol. The molecule has 1 aliphatic heterocycles. The molecular weight excluding hydrogens is 799 g/mol. The molecule has 1 aliphatic rings. The third kappa shape index (κ3) is 30.8. The van der Waals surface area contributed by atoms with Gasteiger partial charge in [0.15, 0.2) is 6.29 Å². The summed E-state index contributed by atoms with van der Waals surface area (Å²) in [6.45, 7) is 3.37. The molecule has 0 aliphatic carbocycles. The molecule has 368 valence electrons. The van der Waals surface area contributed by atoms with E-state index in [1.807, 2.05) is 6.08 Å². The van der Waals surface area contributed by atoms with E-state index in [1.54, 1.807) is 6.08 Å². The van der Waals surface area contributed by atoms with Crippen molar-refractivity contribution < 1.29 is 50.0 Å². The SMILES string of the molecule is CCCCCCCC/C=C\C/C=C\CC(O)C(=O)NC(COC1OC(CO)C(O)C(O)C1O)C(O)C(O)CCC/C=C/CC/C=C/CCCCCCCCCCCCCCCCC. The zero-order valence-electron chi connectivity index (χ0n) is 39.8. The molecule has 11 heteroatoms. The number of unbranched alkanes of at least 4 members (excludes halogenated alkanes) is 23. The minimum Gasteiger partial charge on any atom is -0.394 e. The van der Waals surface area contributed by atoms with Gasteiger partial charge in [-0.05, 0) is 64.2 Å². The van der Waals surface area contributed by atoms with Gasteiger partial charge in [-0.3, -0.25) is 4.79 Å². The van der Waals surface area contributed by atoms with Gasteiger partial charge >= 0.3 is 0 Å². The molecular formula is C52H95NO10. The Balaban J connectivity index is 2.42. The van der Waals surface area contributed by atoms with Crippen molar-refractivity contribution in [3.8, 4) is 0 Å². The molecule has 1 rings (SSSR count). The Labute approximate surface area is 383 Å². The van der Waals surface area contributed by atoms with Crippen molar-refractivity contribution in [2.45, 2.75) is 262 Å². The minimum atomic E-state index is -1.68. The first-order valence-corrected chi connectivity index (χ1v) is 25.5. The van der Waals surface area contributed by atoms with E-state index in [0.29, 0.717) is 19.3 Å². The first kappa shape index (κ1) is 59.1. The van der Waals surface area contributed by atoms with Gasteiger partial charge in [-0.1, -0.05) is 184 Å². The molecule has 63 heavy (non-hydrogen) atoms. The van der Waals surface area contributed by atoms with Crippen LogP contribution < -0.4 is 5.32 Å². The number of hydrogen-bond acceptors (Lipinski definition) is 10. The van der Waals surface area contributed by atoms with Crippen LogP contribution in [-0.4, -0.2) is 110 Å². The van der Waals surface area contributed by atoms with Crippen LogP contribution in [-0.2, 0) is 14.3 Å². The molecule has 0 spiro atoms. The summed E-state index contributed by atoms with van der Waals surface area (Å²) in [6, 6.07) is -1.22. The van der Waals surface area contributed by atoms with Crippen LogP contribution in [0.4, 0.5) is 0 Å². The Kier molecular flexibility index (Phi) is 38.9. The molecule has 0 aromatic carbocycles. The maximum absolute atomic E-state index is 13.0. The zero-order valence-corrected chi connectivity index (χ0v) is 39.8. The summed E-state index contributed by atoms with van der Waals surface area (Å²) in [7, 11) is 0. The van der Waals surface area contributed by atoms with Gasteiger partial charge in [0.25, 0.3) is 0 Å². The maximum atomic E-state index is 13.0. The van der Waals surface area contributed by atoms with E-state index >= 15 is 0 Å². The number of aliphatic hydroxyl groups excluding tert-OH is 7. The molecule has 0 bridgehead atoms. The molecule has 0 aromatic heterocycles. The number of ether oxygens (including phenoxy) is 2. The van der Waals surface area contributed by atoms with Crippen molar-refractivity contribution in [3.05, 3.63) is 48.6 Å². The summed E-state index contributed by atoms with van der Waals surface area (Å²) in [5, 5.41) is 75.6. The predicted octanol–water partition coefficient (Wildman–Crippen LogP) is 9.34. The van der Waals surface area contributed by atoms with Crippen LogP contribution in [0.5, 0.6) is 0 Å². The van der Waals surface area contributed by atoms with Crippen LogP contribution in [0.25, 0.3) is 0 Å². The van der Waals surface area contributed by atoms with Gasteiger partial charge in [0.1, 0.15) is 36.6 Å². The molecule has 1 fully saturated rings. The lowest BCUT2D eigenvalue weighted by Gasteiger charge is -2.40. The van der Waals surface area contributed by atoms with Crippen molar-refractivity contribution >= 4 is 5.91 Å². The quantitative estimate of drug-likeness (QED) is 0.0217. The van der Waals surface area contributed by atoms with Crippen LogP contribution in [0.1, 0.15) is 206 Å². The highest BCUT2D eigenvalue weighted by Crippen LogP contribution is 2.23. The Morgan fingerprint density at radius 3 is 1.52 bits per heavy atom. The molecule has 11 nitrogen and oxygen atoms in total. The van der Waals surface area contributed by atoms with Crippen LogP contribution in [0, 0.1) is 0 Å². The fraction of sp³-hybridized carbons (Fsp3) is 0.827. The topological polar surface area (TPSA) is 189 Å². The predicted molar refractivity (Wildman–Crippen MR) is 256 cm³/mol. The van der Waals surface area contributed by atoms with Crippen LogP contribution >= 0.6 is 0 Å². The molecule has 8 N–H and O–H groups in total. The summed E-state index contributed by atoms with van der Waals surface area (Å²) in [6.07, 6.45) is 39.1. The number of carbonyl (C=O) groups excluding carboxylic acids is 1. The number of amides is 1. The third-order valence-corrected chi connectivity index (χ3v) is 12.1. The third-order valence-electron chi connectivity index (χ3n) is 12.1. The Morgan fingerprint density at radius 1 is 0.571 bits per heavy atom. The zero-order chi connectivity index (χ0) is 46.2. The summed E-state index contributed by atoms with van der Waals surface area (Å²) >= 11 is 0. The molecule has 9 atom stereocenters. The van der Waals surface area contributed by atoms with Crippen LogP contribution in [0.2, 0.25) is 0 Å². The van der Waals surface area contributed by atoms with Crippen LogP contribution in [0.3, 0.4) is 0 Å². The average Bonchev–Trinajstić information content (AvgIpc) is 3.28. The fourth-order valence-corrected chi connectivity index (χ4v) is 7.85. The number of hydrogen-bond donors (Lipinski definition) is 8. The smallest absolute Gasteiger partial charge is 0.249 e. The van der Waals surface area contributed by atoms with Gasteiger partial charge in [-0.2, -0.15) is 0 Å². The number of allylic oxidation sites excluding steroid dienone is 7. The normalized spacial score (nSPS) is 21.6. The Morgan fingerprint density at radius 2 is 1.02 bits per heavy atom. The molecule has 0 radical (unpaired) electrons. The van der Waals surface area contributed by atoms with E-state index in [9.17, 15) is 40.5 Å². The highest BCUT2D eigenvalue weighted by molar-refractivity contribution is 5.81. The first-order chi connectivity index (χ1) is 30.7. The standard InChI is InChI=1S/C52H95NO10/c1-3-5-7-9-11-13-15-17-18-19-20-21-22-23-24-25-26-27-28-30-31-33-35-37-39-44(55)47(57)43(42-62-52-50(60)49(59)48(58)46(41-54)63-52)53-51(61)45(56)40-38-36-34-32-29-16-14-12-10-8-6-4-2/h26-27,29,31-33,36,38,43-50,52,54-60H,3-25,28,30,34-35,37,39-42H2,1-2H3,(H,53,61)/b27-26+,32-29-,33-31+,38-36-. The second-order valence-corrected chi connectivity index (χ2v) is 17.9. The average molecular weight is 894 g/mol. The lowest BCUT2D eigenvalue weighted by Crippen LogP contribution is -2.60. The Hall–Kier alpha value is -1.93. The van der Waals surface area contributed by atoms with Gasteiger partial charge in [-0.15, -0.1) is 0 Å². The lowest BCUT2D eigenvalue weighted by molar-refractivity contribution is -0.303. The van der Waals surface area contributed by atoms with Crippen molar-refractivity contribution in [2.75, 3.05) is 13.2 Å². The lowest BCUT2D eigenvalue weighted by atomic mass is 9.99. The Bertz CT molecular complexity index is 1160. The number of aliphatic hydroxyl groups is 7. The minimum absolute atomic E-state index is 0.0394. The summed E-state index contributed by atoms with van der Waals surface area (Å²) < 4.78 is 11.1. The first-order valence-electron chi connectivity index (χ1n) is 25.5. The van der Waals surface area contributed by atoms with Gasteiger partial charge in [0, 0.05) is 6.42 Å². The van der Waals surface area contributed by atoms with Crippen molar-refractivity contribution in [2.24, 2.45) is 0 Å². The van der Waals surface area contributed by atoms with Crippen molar-refractivity contribution in [1.29, 1.82) is 0 Å². The molecule has 1 saturated heterocycles. The highest BCUT2D eigenvalue weighted by Gasteiger charge is 2.44. The van der Waals surface area contributed by atoms with E-state index in [0.717, 1.165) is 25.7 Å². The molecule has 1 heterocycles. The van der Waals surface area contributed by atoms with E-state index in [1.165, 1.54) is 135 Å². The molecule has 9 unspecified atom stereocenters. The summed E-state index contributed by atoms with van der Waals surface area (Å²) in [5.41, 5.74) is 0. The number of nitrogens with one attached hydrogen (secondary N) is 1. The van der Waals surface area contributed by atoms with Gasteiger partial charge < -0.3 is 50.5 Å². The van der Waals surface area contributed by atoms with E-state index in [2.05, 4.69) is 55.6 Å². The van der Waals surface area contributed by atoms with E-state index in [4.69, 9.17) is 9.47 Å².